The third kappa shape index (κ3) is 3.57. The van der Waals surface area contributed by atoms with Gasteiger partial charge in [0.1, 0.15) is 22.8 Å². The molecule has 2 amide bonds. The Labute approximate surface area is 157 Å². The molecule has 1 heterocycles. The molecule has 3 rings (SSSR count). The lowest BCUT2D eigenvalue weighted by Gasteiger charge is -2.28. The highest BCUT2D eigenvalue weighted by atomic mass is 16.5. The van der Waals surface area contributed by atoms with Gasteiger partial charge in [-0.05, 0) is 24.3 Å². The fraction of sp³-hybridized carbons (Fsp3) is 0.200. The number of methoxy groups -OCH3 is 2. The van der Waals surface area contributed by atoms with Crippen LogP contribution in [0.5, 0.6) is 17.2 Å². The van der Waals surface area contributed by atoms with Crippen molar-refractivity contribution in [3.05, 3.63) is 54.6 Å². The first kappa shape index (κ1) is 18.3. The van der Waals surface area contributed by atoms with Crippen molar-refractivity contribution in [1.82, 2.24) is 0 Å². The van der Waals surface area contributed by atoms with Crippen LogP contribution in [0.2, 0.25) is 0 Å². The number of ether oxygens (including phenoxy) is 3. The average molecular weight is 368 g/mol. The lowest BCUT2D eigenvalue weighted by molar-refractivity contribution is -0.121. The third-order valence-electron chi connectivity index (χ3n) is 4.13. The van der Waals surface area contributed by atoms with Gasteiger partial charge < -0.3 is 24.4 Å². The van der Waals surface area contributed by atoms with Crippen LogP contribution in [-0.4, -0.2) is 39.2 Å². The summed E-state index contributed by atoms with van der Waals surface area (Å²) < 4.78 is 16.0. The molecule has 27 heavy (non-hydrogen) atoms. The number of fused-ring (bicyclic) bond motifs is 1. The number of nitrogens with one attached hydrogen (secondary N) is 1. The summed E-state index contributed by atoms with van der Waals surface area (Å²) in [4.78, 5) is 26.3. The highest BCUT2D eigenvalue weighted by molar-refractivity contribution is 6.08. The molecule has 0 saturated heterocycles. The number of hydrogen-bond acceptors (Lipinski definition) is 5. The quantitative estimate of drug-likeness (QED) is 0.794. The van der Waals surface area contributed by atoms with Crippen molar-refractivity contribution in [2.45, 2.75) is 0 Å². The molecule has 0 aliphatic carbocycles. The molecule has 0 unspecified atom stereocenters. The molecule has 1 aliphatic heterocycles. The summed E-state index contributed by atoms with van der Waals surface area (Å²) in [5.74, 6) is 0.811. The van der Waals surface area contributed by atoms with E-state index in [4.69, 9.17) is 14.2 Å². The summed E-state index contributed by atoms with van der Waals surface area (Å²) in [6.45, 7) is 4.00. The van der Waals surface area contributed by atoms with Gasteiger partial charge in [0.2, 0.25) is 0 Å². The summed E-state index contributed by atoms with van der Waals surface area (Å²) in [6.07, 6.45) is 1.65. The van der Waals surface area contributed by atoms with Crippen molar-refractivity contribution in [3.63, 3.8) is 0 Å². The van der Waals surface area contributed by atoms with Gasteiger partial charge in [-0.25, -0.2) is 0 Å². The van der Waals surface area contributed by atoms with Crippen molar-refractivity contribution in [2.75, 3.05) is 37.6 Å². The molecule has 0 saturated carbocycles. The number of hydrogen-bond donors (Lipinski definition) is 1. The van der Waals surface area contributed by atoms with Crippen molar-refractivity contribution >= 4 is 23.2 Å². The molecule has 7 nitrogen and oxygen atoms in total. The second kappa shape index (κ2) is 7.82. The van der Waals surface area contributed by atoms with E-state index < -0.39 is 0 Å². The van der Waals surface area contributed by atoms with Gasteiger partial charge in [-0.1, -0.05) is 12.1 Å². The molecule has 0 fully saturated rings. The minimum absolute atomic E-state index is 0.0570. The molecular formula is C20H20N2O5. The molecule has 140 valence electrons. The van der Waals surface area contributed by atoms with Crippen molar-refractivity contribution in [2.24, 2.45) is 0 Å². The zero-order valence-corrected chi connectivity index (χ0v) is 15.2. The molecule has 2 aromatic rings. The minimum atomic E-state index is -0.376. The summed E-state index contributed by atoms with van der Waals surface area (Å²) in [6, 6.07) is 10.2. The predicted octanol–water partition coefficient (Wildman–Crippen LogP) is 2.87. The van der Waals surface area contributed by atoms with E-state index in [1.807, 2.05) is 0 Å². The first-order chi connectivity index (χ1) is 13.1. The standard InChI is InChI=1S/C20H20N2O5/c1-4-10-22-14-9-8-13(11-17(14)27-12-18(22)23)21-20(24)19-15(25-2)6-5-7-16(19)26-3/h4-9,11H,1,10,12H2,2-3H3,(H,21,24). The second-order valence-electron chi connectivity index (χ2n) is 5.76. The first-order valence-electron chi connectivity index (χ1n) is 8.29. The van der Waals surface area contributed by atoms with Gasteiger partial charge >= 0.3 is 0 Å². The van der Waals surface area contributed by atoms with Gasteiger partial charge in [0.25, 0.3) is 11.8 Å². The maximum Gasteiger partial charge on any atom is 0.265 e. The molecule has 2 aromatic carbocycles. The molecular weight excluding hydrogens is 348 g/mol. The fourth-order valence-corrected chi connectivity index (χ4v) is 2.88. The number of benzene rings is 2. The van der Waals surface area contributed by atoms with E-state index in [9.17, 15) is 9.59 Å². The number of amides is 2. The van der Waals surface area contributed by atoms with Crippen LogP contribution in [0.25, 0.3) is 0 Å². The molecule has 0 bridgehead atoms. The number of nitrogens with zero attached hydrogens (tertiary/aromatic N) is 1. The van der Waals surface area contributed by atoms with Gasteiger partial charge in [-0.2, -0.15) is 0 Å². The Morgan fingerprint density at radius 2 is 1.96 bits per heavy atom. The van der Waals surface area contributed by atoms with Crippen LogP contribution in [0.15, 0.2) is 49.1 Å². The number of rotatable bonds is 6. The number of carbonyl (C=O) groups is 2. The summed E-state index contributed by atoms with van der Waals surface area (Å²) >= 11 is 0. The lowest BCUT2D eigenvalue weighted by Crippen LogP contribution is -2.38. The van der Waals surface area contributed by atoms with Crippen molar-refractivity contribution in [3.8, 4) is 17.2 Å². The zero-order chi connectivity index (χ0) is 19.4. The summed E-state index contributed by atoms with van der Waals surface area (Å²) in [5, 5.41) is 2.81. The van der Waals surface area contributed by atoms with Crippen LogP contribution in [-0.2, 0) is 4.79 Å². The van der Waals surface area contributed by atoms with E-state index in [-0.39, 0.29) is 18.4 Å². The molecule has 0 atom stereocenters. The highest BCUT2D eigenvalue weighted by Crippen LogP contribution is 2.35. The zero-order valence-electron chi connectivity index (χ0n) is 15.2. The SMILES string of the molecule is C=CCN1C(=O)COc2cc(NC(=O)c3c(OC)cccc3OC)ccc21. The Hall–Kier alpha value is -3.48. The second-order valence-corrected chi connectivity index (χ2v) is 5.76. The van der Waals surface area contributed by atoms with E-state index in [0.717, 1.165) is 0 Å². The predicted molar refractivity (Wildman–Crippen MR) is 102 cm³/mol. The first-order valence-corrected chi connectivity index (χ1v) is 8.29. The Balaban J connectivity index is 1.89. The molecule has 1 N–H and O–H groups in total. The Morgan fingerprint density at radius 3 is 2.59 bits per heavy atom. The topological polar surface area (TPSA) is 77.1 Å². The molecule has 0 radical (unpaired) electrons. The molecule has 1 aliphatic rings. The summed E-state index contributed by atoms with van der Waals surface area (Å²) in [7, 11) is 2.98. The van der Waals surface area contributed by atoms with Gasteiger partial charge in [0.15, 0.2) is 6.61 Å². The van der Waals surface area contributed by atoms with Crippen molar-refractivity contribution in [1.29, 1.82) is 0 Å². The normalized spacial score (nSPS) is 12.7. The fourth-order valence-electron chi connectivity index (χ4n) is 2.88. The Kier molecular flexibility index (Phi) is 5.30. The molecule has 0 aromatic heterocycles. The van der Waals surface area contributed by atoms with E-state index in [0.29, 0.717) is 40.7 Å². The van der Waals surface area contributed by atoms with Crippen LogP contribution < -0.4 is 24.4 Å². The van der Waals surface area contributed by atoms with Crippen LogP contribution in [0.3, 0.4) is 0 Å². The van der Waals surface area contributed by atoms with Gasteiger partial charge in [-0.3, -0.25) is 9.59 Å². The van der Waals surface area contributed by atoms with E-state index in [2.05, 4.69) is 11.9 Å². The highest BCUT2D eigenvalue weighted by Gasteiger charge is 2.25. The van der Waals surface area contributed by atoms with E-state index in [1.165, 1.54) is 14.2 Å². The van der Waals surface area contributed by atoms with Crippen LogP contribution in [0.1, 0.15) is 10.4 Å². The van der Waals surface area contributed by atoms with Gasteiger partial charge in [-0.15, -0.1) is 6.58 Å². The maximum absolute atomic E-state index is 12.8. The minimum Gasteiger partial charge on any atom is -0.496 e. The van der Waals surface area contributed by atoms with Crippen LogP contribution in [0.4, 0.5) is 11.4 Å². The summed E-state index contributed by atoms with van der Waals surface area (Å²) in [5.41, 5.74) is 1.46. The molecule has 0 spiro atoms. The monoisotopic (exact) mass is 368 g/mol. The van der Waals surface area contributed by atoms with Gasteiger partial charge in [0.05, 0.1) is 19.9 Å². The Bertz CT molecular complexity index is 872. The van der Waals surface area contributed by atoms with Crippen LogP contribution in [0, 0.1) is 0 Å². The number of anilines is 2. The lowest BCUT2D eigenvalue weighted by atomic mass is 10.1. The van der Waals surface area contributed by atoms with E-state index in [1.54, 1.807) is 47.4 Å². The van der Waals surface area contributed by atoms with Crippen molar-refractivity contribution < 1.29 is 23.8 Å². The maximum atomic E-state index is 12.8. The molecule has 7 heteroatoms. The third-order valence-corrected chi connectivity index (χ3v) is 4.13. The largest absolute Gasteiger partial charge is 0.496 e. The Morgan fingerprint density at radius 1 is 1.26 bits per heavy atom. The smallest absolute Gasteiger partial charge is 0.265 e. The van der Waals surface area contributed by atoms with Crippen LogP contribution >= 0.6 is 0 Å². The average Bonchev–Trinajstić information content (AvgIpc) is 2.69. The number of carbonyl (C=O) groups excluding carboxylic acids is 2. The van der Waals surface area contributed by atoms with E-state index >= 15 is 0 Å². The van der Waals surface area contributed by atoms with Gasteiger partial charge in [0, 0.05) is 18.3 Å².